The van der Waals surface area contributed by atoms with E-state index in [9.17, 15) is 14.7 Å². The maximum absolute atomic E-state index is 13.1. The molecule has 2 heterocycles. The molecule has 1 saturated carbocycles. The van der Waals surface area contributed by atoms with E-state index < -0.39 is 5.97 Å². The van der Waals surface area contributed by atoms with Crippen LogP contribution in [0.2, 0.25) is 0 Å². The average molecular weight is 470 g/mol. The van der Waals surface area contributed by atoms with Crippen LogP contribution in [0.15, 0.2) is 24.4 Å². The van der Waals surface area contributed by atoms with Crippen LogP contribution in [0.3, 0.4) is 0 Å². The van der Waals surface area contributed by atoms with Crippen molar-refractivity contribution in [1.29, 1.82) is 0 Å². The maximum Gasteiger partial charge on any atom is 0.337 e. The first-order valence-corrected chi connectivity index (χ1v) is 11.6. The molecule has 2 N–H and O–H groups in total. The van der Waals surface area contributed by atoms with Crippen molar-refractivity contribution in [3.05, 3.63) is 30.0 Å². The number of hydrogen-bond donors (Lipinski definition) is 2. The van der Waals surface area contributed by atoms with Gasteiger partial charge < -0.3 is 29.7 Å². The van der Waals surface area contributed by atoms with Gasteiger partial charge >= 0.3 is 5.97 Å². The SMILES string of the molecule is CC[C@@H]1C(=O)N(C)c2cnc(Nc3ccc(C(=O)OC)cc3OCCO)nc2N1C1CCCC1. The molecular formula is C24H31N5O5. The first-order valence-electron chi connectivity index (χ1n) is 11.6. The third kappa shape index (κ3) is 4.50. The monoisotopic (exact) mass is 469 g/mol. The number of aromatic nitrogens is 2. The van der Waals surface area contributed by atoms with E-state index in [-0.39, 0.29) is 31.2 Å². The van der Waals surface area contributed by atoms with E-state index in [1.165, 1.54) is 7.11 Å². The number of nitrogens with zero attached hydrogens (tertiary/aromatic N) is 4. The minimum absolute atomic E-state index is 0.0595. The second kappa shape index (κ2) is 10.3. The van der Waals surface area contributed by atoms with Gasteiger partial charge in [-0.1, -0.05) is 19.8 Å². The van der Waals surface area contributed by atoms with E-state index in [0.717, 1.165) is 31.5 Å². The first kappa shape index (κ1) is 23.7. The van der Waals surface area contributed by atoms with Crippen molar-refractivity contribution >= 4 is 35.0 Å². The smallest absolute Gasteiger partial charge is 0.337 e. The van der Waals surface area contributed by atoms with Crippen LogP contribution in [-0.4, -0.2) is 66.4 Å². The lowest BCUT2D eigenvalue weighted by Crippen LogP contribution is -2.55. The Hall–Kier alpha value is -3.40. The number of ether oxygens (including phenoxy) is 2. The van der Waals surface area contributed by atoms with Crippen molar-refractivity contribution in [2.45, 2.75) is 51.1 Å². The molecule has 1 atom stereocenters. The van der Waals surface area contributed by atoms with Crippen LogP contribution in [0.4, 0.5) is 23.1 Å². The Labute approximate surface area is 198 Å². The zero-order valence-electron chi connectivity index (χ0n) is 19.8. The highest BCUT2D eigenvalue weighted by molar-refractivity contribution is 6.04. The van der Waals surface area contributed by atoms with Gasteiger partial charge in [0.2, 0.25) is 11.9 Å². The number of aliphatic hydroxyl groups excluding tert-OH is 1. The second-order valence-corrected chi connectivity index (χ2v) is 8.47. The molecule has 2 aliphatic rings. The Morgan fingerprint density at radius 1 is 1.29 bits per heavy atom. The molecule has 0 saturated heterocycles. The predicted octanol–water partition coefficient (Wildman–Crippen LogP) is 2.88. The number of carbonyl (C=O) groups excluding carboxylic acids is 2. The van der Waals surface area contributed by atoms with Crippen LogP contribution in [0.5, 0.6) is 5.75 Å². The van der Waals surface area contributed by atoms with Crippen molar-refractivity contribution in [2.75, 3.05) is 42.5 Å². The predicted molar refractivity (Wildman–Crippen MR) is 128 cm³/mol. The van der Waals surface area contributed by atoms with Gasteiger partial charge in [-0.3, -0.25) is 4.79 Å². The Morgan fingerprint density at radius 3 is 2.74 bits per heavy atom. The normalized spacial score (nSPS) is 18.1. The van der Waals surface area contributed by atoms with Gasteiger partial charge in [-0.2, -0.15) is 4.98 Å². The molecule has 34 heavy (non-hydrogen) atoms. The van der Waals surface area contributed by atoms with Crippen molar-refractivity contribution in [1.82, 2.24) is 9.97 Å². The number of nitrogens with one attached hydrogen (secondary N) is 1. The van der Waals surface area contributed by atoms with Crippen molar-refractivity contribution in [2.24, 2.45) is 0 Å². The molecule has 1 aliphatic heterocycles. The summed E-state index contributed by atoms with van der Waals surface area (Å²) in [5.41, 5.74) is 1.55. The zero-order valence-corrected chi connectivity index (χ0v) is 19.8. The zero-order chi connectivity index (χ0) is 24.2. The summed E-state index contributed by atoms with van der Waals surface area (Å²) in [4.78, 5) is 38.1. The fourth-order valence-electron chi connectivity index (χ4n) is 4.71. The molecular weight excluding hydrogens is 438 g/mol. The van der Waals surface area contributed by atoms with Gasteiger partial charge in [0.25, 0.3) is 0 Å². The third-order valence-electron chi connectivity index (χ3n) is 6.41. The maximum atomic E-state index is 13.1. The van der Waals surface area contributed by atoms with Crippen molar-refractivity contribution in [3.8, 4) is 5.75 Å². The van der Waals surface area contributed by atoms with Crippen molar-refractivity contribution < 1.29 is 24.2 Å². The molecule has 10 heteroatoms. The molecule has 1 aromatic heterocycles. The molecule has 2 aromatic rings. The highest BCUT2D eigenvalue weighted by Gasteiger charge is 2.41. The summed E-state index contributed by atoms with van der Waals surface area (Å²) < 4.78 is 10.4. The van der Waals surface area contributed by atoms with E-state index in [1.54, 1.807) is 36.3 Å². The summed E-state index contributed by atoms with van der Waals surface area (Å²) in [5, 5.41) is 12.4. The van der Waals surface area contributed by atoms with Crippen molar-refractivity contribution in [3.63, 3.8) is 0 Å². The molecule has 182 valence electrons. The standard InChI is InChI=1S/C24H31N5O5/c1-4-18-22(31)28(2)19-14-25-24(27-21(19)29(18)16-7-5-6-8-16)26-17-10-9-15(23(32)33-3)13-20(17)34-12-11-30/h9-10,13-14,16,18,30H,4-8,11-12H2,1-3H3,(H,25,26,27)/t18-/m1/s1. The Kier molecular flexibility index (Phi) is 7.16. The Morgan fingerprint density at radius 2 is 2.06 bits per heavy atom. The molecule has 1 aromatic carbocycles. The van der Waals surface area contributed by atoms with Crippen LogP contribution in [0.25, 0.3) is 0 Å². The van der Waals surface area contributed by atoms with E-state index in [4.69, 9.17) is 14.5 Å². The molecule has 0 spiro atoms. The minimum atomic E-state index is -0.490. The number of anilines is 4. The molecule has 0 bridgehead atoms. The Bertz CT molecular complexity index is 1060. The number of fused-ring (bicyclic) bond motifs is 1. The number of esters is 1. The summed E-state index contributed by atoms with van der Waals surface area (Å²) >= 11 is 0. The van der Waals surface area contributed by atoms with Crippen LogP contribution in [-0.2, 0) is 9.53 Å². The van der Waals surface area contributed by atoms with Gasteiger partial charge in [-0.15, -0.1) is 0 Å². The number of methoxy groups -OCH3 is 1. The number of likely N-dealkylation sites (N-methyl/N-ethyl adjacent to an activating group) is 1. The Balaban J connectivity index is 1.70. The molecule has 4 rings (SSSR count). The lowest BCUT2D eigenvalue weighted by Gasteiger charge is -2.43. The highest BCUT2D eigenvalue weighted by atomic mass is 16.5. The van der Waals surface area contributed by atoms with Gasteiger partial charge in [-0.05, 0) is 37.5 Å². The third-order valence-corrected chi connectivity index (χ3v) is 6.41. The summed E-state index contributed by atoms with van der Waals surface area (Å²) in [6, 6.07) is 4.86. The average Bonchev–Trinajstić information content (AvgIpc) is 3.39. The summed E-state index contributed by atoms with van der Waals surface area (Å²) in [6.45, 7) is 1.91. The second-order valence-electron chi connectivity index (χ2n) is 8.47. The number of carbonyl (C=O) groups is 2. The number of benzene rings is 1. The molecule has 1 aliphatic carbocycles. The van der Waals surface area contributed by atoms with Gasteiger partial charge in [0.15, 0.2) is 5.82 Å². The van der Waals surface area contributed by atoms with Crippen LogP contribution >= 0.6 is 0 Å². The quantitative estimate of drug-likeness (QED) is 0.563. The fourth-order valence-corrected chi connectivity index (χ4v) is 4.71. The van der Waals surface area contributed by atoms with Crippen LogP contribution in [0, 0.1) is 0 Å². The summed E-state index contributed by atoms with van der Waals surface area (Å²) in [5.74, 6) is 1.02. The van der Waals surface area contributed by atoms with Gasteiger partial charge in [0.05, 0.1) is 31.2 Å². The molecule has 10 nitrogen and oxygen atoms in total. The van der Waals surface area contributed by atoms with E-state index in [0.29, 0.717) is 35.1 Å². The van der Waals surface area contributed by atoms with E-state index in [1.807, 2.05) is 6.92 Å². The topological polar surface area (TPSA) is 117 Å². The van der Waals surface area contributed by atoms with Gasteiger partial charge in [-0.25, -0.2) is 9.78 Å². The molecule has 1 amide bonds. The number of aliphatic hydroxyl groups is 1. The lowest BCUT2D eigenvalue weighted by atomic mass is 10.0. The summed E-state index contributed by atoms with van der Waals surface area (Å²) in [7, 11) is 3.07. The number of rotatable bonds is 8. The van der Waals surface area contributed by atoms with Crippen LogP contribution < -0.4 is 19.9 Å². The molecule has 1 fully saturated rings. The van der Waals surface area contributed by atoms with Gasteiger partial charge in [0.1, 0.15) is 24.1 Å². The van der Waals surface area contributed by atoms with E-state index >= 15 is 0 Å². The van der Waals surface area contributed by atoms with E-state index in [2.05, 4.69) is 15.2 Å². The minimum Gasteiger partial charge on any atom is -0.489 e. The molecule has 0 unspecified atom stereocenters. The first-order chi connectivity index (χ1) is 16.5. The number of hydrogen-bond acceptors (Lipinski definition) is 9. The van der Waals surface area contributed by atoms with Crippen LogP contribution in [0.1, 0.15) is 49.4 Å². The fraction of sp³-hybridized carbons (Fsp3) is 0.500. The largest absolute Gasteiger partial charge is 0.489 e. The van der Waals surface area contributed by atoms with Gasteiger partial charge in [0, 0.05) is 13.1 Å². The summed E-state index contributed by atoms with van der Waals surface area (Å²) in [6.07, 6.45) is 6.71. The lowest BCUT2D eigenvalue weighted by molar-refractivity contribution is -0.120. The number of amides is 1. The highest BCUT2D eigenvalue weighted by Crippen LogP contribution is 2.40. The molecule has 0 radical (unpaired) electrons.